The first-order valence-electron chi connectivity index (χ1n) is 7.15. The van der Waals surface area contributed by atoms with E-state index >= 15 is 0 Å². The van der Waals surface area contributed by atoms with E-state index in [9.17, 15) is 9.50 Å². The lowest BCUT2D eigenvalue weighted by atomic mass is 10.1. The number of aryl methyl sites for hydroxylation is 1. The molecule has 0 spiro atoms. The van der Waals surface area contributed by atoms with Crippen molar-refractivity contribution in [2.75, 3.05) is 0 Å². The summed E-state index contributed by atoms with van der Waals surface area (Å²) < 4.78 is 15.7. The molecule has 0 bridgehead atoms. The van der Waals surface area contributed by atoms with Gasteiger partial charge in [-0.3, -0.25) is 5.10 Å². The summed E-state index contributed by atoms with van der Waals surface area (Å²) in [5.74, 6) is 0.260. The number of aromatic amines is 1. The first-order valence-corrected chi connectivity index (χ1v) is 7.15. The van der Waals surface area contributed by atoms with Gasteiger partial charge in [-0.1, -0.05) is 18.2 Å². The number of benzene rings is 1. The van der Waals surface area contributed by atoms with Gasteiger partial charge in [0, 0.05) is 17.5 Å². The maximum atomic E-state index is 13.7. The number of hydrogen-bond acceptors (Lipinski definition) is 3. The van der Waals surface area contributed by atoms with Gasteiger partial charge in [-0.2, -0.15) is 5.10 Å². The van der Waals surface area contributed by atoms with Crippen molar-refractivity contribution >= 4 is 0 Å². The summed E-state index contributed by atoms with van der Waals surface area (Å²) in [6.45, 7) is 0.480. The third-order valence-electron chi connectivity index (χ3n) is 3.65. The molecule has 5 nitrogen and oxygen atoms in total. The minimum atomic E-state index is -0.681. The summed E-state index contributed by atoms with van der Waals surface area (Å²) in [7, 11) is 0. The van der Waals surface area contributed by atoms with E-state index in [0.717, 1.165) is 5.69 Å². The minimum absolute atomic E-state index is 0.205. The predicted octanol–water partition coefficient (Wildman–Crippen LogP) is 2.46. The van der Waals surface area contributed by atoms with E-state index in [0.29, 0.717) is 30.8 Å². The molecule has 2 aromatic heterocycles. The van der Waals surface area contributed by atoms with Crippen molar-refractivity contribution < 1.29 is 9.50 Å². The number of aromatic nitrogens is 4. The standard InChI is InChI=1S/C16H17FN4O/c17-14-6-2-1-4-12(14)10-21-9-3-5-13(21)7-8-15(22)16-18-11-19-20-16/h1-6,9,11,15,22H,7-8,10H2,(H,18,19,20). The summed E-state index contributed by atoms with van der Waals surface area (Å²) in [5.41, 5.74) is 1.69. The van der Waals surface area contributed by atoms with Crippen LogP contribution in [-0.4, -0.2) is 24.9 Å². The van der Waals surface area contributed by atoms with Crippen LogP contribution in [0.15, 0.2) is 48.9 Å². The molecule has 0 saturated heterocycles. The number of H-pyrrole nitrogens is 1. The van der Waals surface area contributed by atoms with Gasteiger partial charge in [-0.25, -0.2) is 9.37 Å². The number of nitrogens with one attached hydrogen (secondary N) is 1. The molecular formula is C16H17FN4O. The lowest BCUT2D eigenvalue weighted by molar-refractivity contribution is 0.157. The Morgan fingerprint density at radius 1 is 1.23 bits per heavy atom. The second-order valence-electron chi connectivity index (χ2n) is 5.14. The third-order valence-corrected chi connectivity index (χ3v) is 3.65. The van der Waals surface area contributed by atoms with Crippen molar-refractivity contribution in [1.29, 1.82) is 0 Å². The van der Waals surface area contributed by atoms with Crippen molar-refractivity contribution in [3.63, 3.8) is 0 Å². The highest BCUT2D eigenvalue weighted by Crippen LogP contribution is 2.17. The zero-order valence-electron chi connectivity index (χ0n) is 12.0. The average molecular weight is 300 g/mol. The van der Waals surface area contributed by atoms with Crippen LogP contribution in [0, 0.1) is 5.82 Å². The average Bonchev–Trinajstić information content (AvgIpc) is 3.19. The largest absolute Gasteiger partial charge is 0.385 e. The highest BCUT2D eigenvalue weighted by molar-refractivity contribution is 5.19. The highest BCUT2D eigenvalue weighted by atomic mass is 19.1. The van der Waals surface area contributed by atoms with Crippen molar-refractivity contribution in [2.45, 2.75) is 25.5 Å². The molecule has 1 atom stereocenters. The predicted molar refractivity (Wildman–Crippen MR) is 79.6 cm³/mol. The molecule has 0 aliphatic rings. The Labute approximate surface area is 127 Å². The summed E-state index contributed by atoms with van der Waals surface area (Å²) in [6.07, 6.45) is 3.81. The van der Waals surface area contributed by atoms with Crippen molar-refractivity contribution in [3.05, 3.63) is 71.8 Å². The highest BCUT2D eigenvalue weighted by Gasteiger charge is 2.12. The summed E-state index contributed by atoms with van der Waals surface area (Å²) in [6, 6.07) is 10.7. The van der Waals surface area contributed by atoms with Crippen LogP contribution in [0.25, 0.3) is 0 Å². The Morgan fingerprint density at radius 3 is 2.86 bits per heavy atom. The first kappa shape index (κ1) is 14.5. The maximum absolute atomic E-state index is 13.7. The van der Waals surface area contributed by atoms with Crippen LogP contribution in [0.1, 0.15) is 29.6 Å². The minimum Gasteiger partial charge on any atom is -0.385 e. The quantitative estimate of drug-likeness (QED) is 0.735. The molecule has 2 heterocycles. The Balaban J connectivity index is 1.66. The van der Waals surface area contributed by atoms with Gasteiger partial charge >= 0.3 is 0 Å². The molecule has 1 aromatic carbocycles. The second kappa shape index (κ2) is 6.53. The number of halogens is 1. The van der Waals surface area contributed by atoms with Gasteiger partial charge in [-0.15, -0.1) is 0 Å². The van der Waals surface area contributed by atoms with Crippen LogP contribution >= 0.6 is 0 Å². The fourth-order valence-electron chi connectivity index (χ4n) is 2.44. The lowest BCUT2D eigenvalue weighted by Crippen LogP contribution is -2.07. The first-order chi connectivity index (χ1) is 10.7. The monoisotopic (exact) mass is 300 g/mol. The van der Waals surface area contributed by atoms with Gasteiger partial charge in [0.2, 0.25) is 0 Å². The Kier molecular flexibility index (Phi) is 4.29. The molecule has 0 amide bonds. The third kappa shape index (κ3) is 3.23. The molecule has 0 fully saturated rings. The van der Waals surface area contributed by atoms with E-state index in [1.54, 1.807) is 12.1 Å². The van der Waals surface area contributed by atoms with Crippen LogP contribution in [0.4, 0.5) is 4.39 Å². The van der Waals surface area contributed by atoms with Gasteiger partial charge in [0.15, 0.2) is 5.82 Å². The van der Waals surface area contributed by atoms with Crippen LogP contribution in [0.5, 0.6) is 0 Å². The number of hydrogen-bond donors (Lipinski definition) is 2. The molecule has 3 aromatic rings. The summed E-state index contributed by atoms with van der Waals surface area (Å²) in [5, 5.41) is 16.4. The molecular weight excluding hydrogens is 283 g/mol. The fourth-order valence-corrected chi connectivity index (χ4v) is 2.44. The number of aliphatic hydroxyl groups excluding tert-OH is 1. The van der Waals surface area contributed by atoms with Crippen molar-refractivity contribution in [1.82, 2.24) is 19.7 Å². The van der Waals surface area contributed by atoms with Gasteiger partial charge in [-0.05, 0) is 31.0 Å². The van der Waals surface area contributed by atoms with Gasteiger partial charge in [0.05, 0.1) is 6.54 Å². The van der Waals surface area contributed by atoms with E-state index < -0.39 is 6.10 Å². The molecule has 0 aliphatic heterocycles. The molecule has 114 valence electrons. The van der Waals surface area contributed by atoms with E-state index in [1.807, 2.05) is 29.0 Å². The van der Waals surface area contributed by atoms with E-state index in [1.165, 1.54) is 12.4 Å². The van der Waals surface area contributed by atoms with Crippen LogP contribution in [-0.2, 0) is 13.0 Å². The van der Waals surface area contributed by atoms with E-state index in [4.69, 9.17) is 0 Å². The topological polar surface area (TPSA) is 66.7 Å². The number of nitrogens with zero attached hydrogens (tertiary/aromatic N) is 3. The number of aliphatic hydroxyl groups is 1. The van der Waals surface area contributed by atoms with E-state index in [2.05, 4.69) is 15.2 Å². The number of rotatable bonds is 6. The maximum Gasteiger partial charge on any atom is 0.153 e. The molecule has 0 radical (unpaired) electrons. The molecule has 0 aliphatic carbocycles. The molecule has 1 unspecified atom stereocenters. The van der Waals surface area contributed by atoms with Crippen LogP contribution in [0.2, 0.25) is 0 Å². The molecule has 6 heteroatoms. The van der Waals surface area contributed by atoms with Crippen LogP contribution in [0.3, 0.4) is 0 Å². The molecule has 22 heavy (non-hydrogen) atoms. The normalized spacial score (nSPS) is 12.5. The SMILES string of the molecule is OC(CCc1cccn1Cc1ccccc1F)c1ncn[nH]1. The lowest BCUT2D eigenvalue weighted by Gasteiger charge is -2.12. The van der Waals surface area contributed by atoms with Gasteiger partial charge in [0.1, 0.15) is 18.2 Å². The summed E-state index contributed by atoms with van der Waals surface area (Å²) in [4.78, 5) is 3.94. The van der Waals surface area contributed by atoms with Crippen molar-refractivity contribution in [3.8, 4) is 0 Å². The summed E-state index contributed by atoms with van der Waals surface area (Å²) >= 11 is 0. The zero-order valence-corrected chi connectivity index (χ0v) is 12.0. The Bertz CT molecular complexity index is 723. The fraction of sp³-hybridized carbons (Fsp3) is 0.250. The zero-order chi connectivity index (χ0) is 15.4. The van der Waals surface area contributed by atoms with Gasteiger partial charge in [0.25, 0.3) is 0 Å². The molecule has 3 rings (SSSR count). The van der Waals surface area contributed by atoms with E-state index in [-0.39, 0.29) is 5.82 Å². The molecule has 2 N–H and O–H groups in total. The van der Waals surface area contributed by atoms with Gasteiger partial charge < -0.3 is 9.67 Å². The smallest absolute Gasteiger partial charge is 0.153 e. The molecule has 0 saturated carbocycles. The van der Waals surface area contributed by atoms with Crippen LogP contribution < -0.4 is 0 Å². The Hall–Kier alpha value is -2.47. The van der Waals surface area contributed by atoms with Crippen molar-refractivity contribution in [2.24, 2.45) is 0 Å². The second-order valence-corrected chi connectivity index (χ2v) is 5.14. The Morgan fingerprint density at radius 2 is 2.09 bits per heavy atom.